The molecule has 0 atom stereocenters. The average molecular weight is 341 g/mol. The van der Waals surface area contributed by atoms with Crippen LogP contribution in [0.1, 0.15) is 0 Å². The first-order valence-electron chi connectivity index (χ1n) is 7.61. The van der Waals surface area contributed by atoms with Crippen LogP contribution in [0, 0.1) is 0 Å². The van der Waals surface area contributed by atoms with E-state index in [4.69, 9.17) is 4.74 Å². The van der Waals surface area contributed by atoms with E-state index in [2.05, 4.69) is 31.3 Å². The van der Waals surface area contributed by atoms with Crippen molar-refractivity contribution in [1.82, 2.24) is 19.9 Å². The van der Waals surface area contributed by atoms with Crippen LogP contribution in [0.5, 0.6) is 5.75 Å². The molecule has 1 aromatic carbocycles. The van der Waals surface area contributed by atoms with Crippen LogP contribution in [-0.4, -0.2) is 41.8 Å². The lowest BCUT2D eigenvalue weighted by atomic mass is 10.3. The molecule has 0 spiro atoms. The first-order valence-corrected chi connectivity index (χ1v) is 7.61. The molecule has 0 aliphatic heterocycles. The van der Waals surface area contributed by atoms with E-state index >= 15 is 0 Å². The summed E-state index contributed by atoms with van der Waals surface area (Å²) in [7, 11) is 4.94. The number of fused-ring (bicyclic) bond motifs is 1. The summed E-state index contributed by atoms with van der Waals surface area (Å²) in [5, 5.41) is 15.8. The maximum absolute atomic E-state index is 11.6. The molecule has 2 aromatic heterocycles. The molecule has 0 fully saturated rings. The summed E-state index contributed by atoms with van der Waals surface area (Å²) in [6, 6.07) is 9.02. The Morgan fingerprint density at radius 3 is 2.72 bits per heavy atom. The lowest BCUT2D eigenvalue weighted by molar-refractivity contribution is 0.254. The SMILES string of the molecule is CNC(=O)Nc1cnn2c(NC)cc(Nc3ccccc3OC)nc12. The van der Waals surface area contributed by atoms with Crippen molar-refractivity contribution in [3.05, 3.63) is 36.5 Å². The lowest BCUT2D eigenvalue weighted by Crippen LogP contribution is -2.24. The summed E-state index contributed by atoms with van der Waals surface area (Å²) in [5.41, 5.74) is 1.79. The topological polar surface area (TPSA) is 105 Å². The summed E-state index contributed by atoms with van der Waals surface area (Å²) in [6.45, 7) is 0. The number of aromatic nitrogens is 3. The van der Waals surface area contributed by atoms with E-state index in [9.17, 15) is 4.79 Å². The van der Waals surface area contributed by atoms with E-state index in [1.807, 2.05) is 30.3 Å². The van der Waals surface area contributed by atoms with Gasteiger partial charge in [0, 0.05) is 20.2 Å². The molecular weight excluding hydrogens is 322 g/mol. The van der Waals surface area contributed by atoms with E-state index in [1.54, 1.807) is 31.9 Å². The Bertz CT molecular complexity index is 907. The van der Waals surface area contributed by atoms with Gasteiger partial charge in [0.05, 0.1) is 19.0 Å². The van der Waals surface area contributed by atoms with Crippen LogP contribution in [0.3, 0.4) is 0 Å². The molecule has 0 bridgehead atoms. The highest BCUT2D eigenvalue weighted by Gasteiger charge is 2.13. The van der Waals surface area contributed by atoms with Gasteiger partial charge in [0.1, 0.15) is 23.1 Å². The van der Waals surface area contributed by atoms with Crippen molar-refractivity contribution >= 4 is 34.7 Å². The second-order valence-electron chi connectivity index (χ2n) is 5.10. The molecule has 0 radical (unpaired) electrons. The van der Waals surface area contributed by atoms with Crippen molar-refractivity contribution in [3.8, 4) is 5.75 Å². The zero-order chi connectivity index (χ0) is 17.8. The quantitative estimate of drug-likeness (QED) is 0.567. The number of anilines is 4. The number of nitrogens with one attached hydrogen (secondary N) is 4. The zero-order valence-electron chi connectivity index (χ0n) is 14.1. The summed E-state index contributed by atoms with van der Waals surface area (Å²) < 4.78 is 6.96. The normalized spacial score (nSPS) is 10.4. The minimum atomic E-state index is -0.342. The molecule has 3 aromatic rings. The highest BCUT2D eigenvalue weighted by molar-refractivity contribution is 5.93. The number of rotatable bonds is 5. The number of benzene rings is 1. The van der Waals surface area contributed by atoms with Crippen LogP contribution >= 0.6 is 0 Å². The number of nitrogens with zero attached hydrogens (tertiary/aromatic N) is 3. The first kappa shape index (κ1) is 16.4. The molecular formula is C16H19N7O2. The Labute approximate surface area is 144 Å². The molecule has 25 heavy (non-hydrogen) atoms. The standard InChI is InChI=1S/C16H19N7O2/c1-17-14-8-13(20-10-6-4-5-7-12(10)25-3)22-15-11(9-19-23(14)15)21-16(24)18-2/h4-9,17H,1-3H3,(H,20,22)(H2,18,21,24). The van der Waals surface area contributed by atoms with E-state index in [0.717, 1.165) is 5.69 Å². The molecule has 9 nitrogen and oxygen atoms in total. The van der Waals surface area contributed by atoms with Gasteiger partial charge in [0.2, 0.25) is 0 Å². The van der Waals surface area contributed by atoms with Crippen LogP contribution in [0.15, 0.2) is 36.5 Å². The maximum atomic E-state index is 11.6. The maximum Gasteiger partial charge on any atom is 0.319 e. The van der Waals surface area contributed by atoms with Gasteiger partial charge in [0.25, 0.3) is 0 Å². The molecule has 0 unspecified atom stereocenters. The minimum absolute atomic E-state index is 0.342. The molecule has 0 aliphatic carbocycles. The highest BCUT2D eigenvalue weighted by atomic mass is 16.5. The van der Waals surface area contributed by atoms with E-state index in [0.29, 0.717) is 28.7 Å². The van der Waals surface area contributed by atoms with Crippen molar-refractivity contribution in [3.63, 3.8) is 0 Å². The van der Waals surface area contributed by atoms with Crippen LogP contribution < -0.4 is 26.0 Å². The van der Waals surface area contributed by atoms with E-state index in [1.165, 1.54) is 0 Å². The third-order valence-corrected chi connectivity index (χ3v) is 3.57. The number of ether oxygens (including phenoxy) is 1. The third kappa shape index (κ3) is 3.25. The van der Waals surface area contributed by atoms with Gasteiger partial charge < -0.3 is 26.0 Å². The molecule has 9 heteroatoms. The Morgan fingerprint density at radius 2 is 2.00 bits per heavy atom. The summed E-state index contributed by atoms with van der Waals surface area (Å²) in [6.07, 6.45) is 1.55. The molecule has 130 valence electrons. The second-order valence-corrected chi connectivity index (χ2v) is 5.10. The van der Waals surface area contributed by atoms with Gasteiger partial charge in [-0.15, -0.1) is 0 Å². The summed E-state index contributed by atoms with van der Waals surface area (Å²) >= 11 is 0. The van der Waals surface area contributed by atoms with Crippen LogP contribution in [0.2, 0.25) is 0 Å². The Morgan fingerprint density at radius 1 is 1.20 bits per heavy atom. The molecule has 0 aliphatic rings. The van der Waals surface area contributed by atoms with Gasteiger partial charge in [-0.2, -0.15) is 9.61 Å². The Hall–Kier alpha value is -3.49. The number of urea groups is 1. The minimum Gasteiger partial charge on any atom is -0.495 e. The predicted octanol–water partition coefficient (Wildman–Crippen LogP) is 2.27. The van der Waals surface area contributed by atoms with Crippen molar-refractivity contribution in [2.24, 2.45) is 0 Å². The highest BCUT2D eigenvalue weighted by Crippen LogP contribution is 2.28. The molecule has 3 rings (SSSR count). The fraction of sp³-hybridized carbons (Fsp3) is 0.188. The van der Waals surface area contributed by atoms with Gasteiger partial charge >= 0.3 is 6.03 Å². The number of carbonyl (C=O) groups excluding carboxylic acids is 1. The second kappa shape index (κ2) is 6.95. The van der Waals surface area contributed by atoms with Gasteiger partial charge in [0.15, 0.2) is 5.65 Å². The summed E-state index contributed by atoms with van der Waals surface area (Å²) in [4.78, 5) is 16.2. The van der Waals surface area contributed by atoms with Gasteiger partial charge in [-0.1, -0.05) is 12.1 Å². The Kier molecular flexibility index (Phi) is 4.55. The van der Waals surface area contributed by atoms with Gasteiger partial charge in [-0.25, -0.2) is 9.78 Å². The van der Waals surface area contributed by atoms with Crippen LogP contribution in [0.4, 0.5) is 27.8 Å². The number of carbonyl (C=O) groups is 1. The molecule has 2 heterocycles. The third-order valence-electron chi connectivity index (χ3n) is 3.57. The van der Waals surface area contributed by atoms with Crippen molar-refractivity contribution in [2.45, 2.75) is 0 Å². The number of amides is 2. The fourth-order valence-electron chi connectivity index (χ4n) is 2.36. The van der Waals surface area contributed by atoms with E-state index < -0.39 is 0 Å². The number of hydrogen-bond acceptors (Lipinski definition) is 6. The van der Waals surface area contributed by atoms with E-state index in [-0.39, 0.29) is 6.03 Å². The first-order chi connectivity index (χ1) is 12.2. The van der Waals surface area contributed by atoms with Gasteiger partial charge in [-0.3, -0.25) is 0 Å². The fourth-order valence-corrected chi connectivity index (χ4v) is 2.36. The number of para-hydroxylation sites is 2. The lowest BCUT2D eigenvalue weighted by Gasteiger charge is -2.12. The molecule has 4 N–H and O–H groups in total. The number of hydrogen-bond donors (Lipinski definition) is 4. The predicted molar refractivity (Wildman–Crippen MR) is 96.9 cm³/mol. The van der Waals surface area contributed by atoms with Crippen molar-refractivity contribution in [1.29, 1.82) is 0 Å². The van der Waals surface area contributed by atoms with Crippen molar-refractivity contribution < 1.29 is 9.53 Å². The molecule has 0 saturated carbocycles. The number of methoxy groups -OCH3 is 1. The Balaban J connectivity index is 2.03. The van der Waals surface area contributed by atoms with Crippen LogP contribution in [-0.2, 0) is 0 Å². The van der Waals surface area contributed by atoms with Crippen molar-refractivity contribution in [2.75, 3.05) is 37.2 Å². The van der Waals surface area contributed by atoms with Crippen LogP contribution in [0.25, 0.3) is 5.65 Å². The van der Waals surface area contributed by atoms with Gasteiger partial charge in [-0.05, 0) is 12.1 Å². The zero-order valence-corrected chi connectivity index (χ0v) is 14.1. The molecule has 0 saturated heterocycles. The smallest absolute Gasteiger partial charge is 0.319 e. The largest absolute Gasteiger partial charge is 0.495 e. The summed E-state index contributed by atoms with van der Waals surface area (Å²) in [5.74, 6) is 2.00. The average Bonchev–Trinajstić information content (AvgIpc) is 3.04. The monoisotopic (exact) mass is 341 g/mol. The molecule has 2 amide bonds.